The molecular formula is C2Cl6OS. The van der Waals surface area contributed by atoms with Crippen LogP contribution in [-0.4, -0.2) is 11.7 Å². The number of hydrogen-bond donors (Lipinski definition) is 0. The summed E-state index contributed by atoms with van der Waals surface area (Å²) in [4.78, 5) is 0. The fraction of sp³-hybridized carbons (Fsp3) is 1.00. The summed E-state index contributed by atoms with van der Waals surface area (Å²) >= 11 is 26.2. The van der Waals surface area contributed by atoms with E-state index in [9.17, 15) is 4.21 Å². The van der Waals surface area contributed by atoms with Gasteiger partial charge in [-0.2, -0.15) is 0 Å². The highest BCUT2D eigenvalue weighted by molar-refractivity contribution is 8.11. The van der Waals surface area contributed by atoms with Gasteiger partial charge in [0.15, 0.2) is 10.0 Å². The molecule has 0 aromatic rings. The van der Waals surface area contributed by atoms with Crippen molar-refractivity contribution < 1.29 is 4.21 Å². The van der Waals surface area contributed by atoms with Gasteiger partial charge in [0.1, 0.15) is 0 Å². The summed E-state index contributed by atoms with van der Waals surface area (Å²) in [5, 5.41) is 0. The van der Waals surface area contributed by atoms with Crippen LogP contribution in [0, 0.1) is 0 Å². The summed E-state index contributed by atoms with van der Waals surface area (Å²) in [5.74, 6) is 0. The molecule has 1 nitrogen and oxygen atoms in total. The van der Waals surface area contributed by atoms with Gasteiger partial charge >= 0.3 is 0 Å². The van der Waals surface area contributed by atoms with E-state index in [-0.39, 0.29) is 0 Å². The molecule has 0 aliphatic heterocycles. The van der Waals surface area contributed by atoms with E-state index < -0.39 is 17.5 Å². The second-order valence-corrected chi connectivity index (χ2v) is 7.20. The molecule has 8 heteroatoms. The minimum atomic E-state index is -2.14. The Kier molecular flexibility index (Phi) is 4.44. The quantitative estimate of drug-likeness (QED) is 0.533. The van der Waals surface area contributed by atoms with E-state index in [4.69, 9.17) is 68.7 Å². The Morgan fingerprint density at radius 3 is 1.30 bits per heavy atom. The van der Waals surface area contributed by atoms with Crippen LogP contribution in [0.15, 0.2) is 0 Å². The van der Waals surface area contributed by atoms with Crippen molar-refractivity contribution in [2.45, 2.75) is 7.46 Å². The average molecular weight is 285 g/mol. The first kappa shape index (κ1) is 11.9. The molecule has 0 heterocycles. The largest absolute Gasteiger partial charge is 0.253 e. The predicted octanol–water partition coefficient (Wildman–Crippen LogP) is 3.39. The Bertz CT molecular complexity index is 148. The lowest BCUT2D eigenvalue weighted by Gasteiger charge is -2.22. The van der Waals surface area contributed by atoms with Crippen molar-refractivity contribution in [3.63, 3.8) is 0 Å². The Morgan fingerprint density at radius 1 is 1.00 bits per heavy atom. The monoisotopic (exact) mass is 282 g/mol. The minimum absolute atomic E-state index is 2.07. The highest BCUT2D eigenvalue weighted by Crippen LogP contribution is 2.48. The predicted molar refractivity (Wildman–Crippen MR) is 48.7 cm³/mol. The summed E-state index contributed by atoms with van der Waals surface area (Å²) in [5.41, 5.74) is 0. The lowest BCUT2D eigenvalue weighted by Crippen LogP contribution is -2.33. The maximum atomic E-state index is 10.5. The Balaban J connectivity index is 4.57. The van der Waals surface area contributed by atoms with Crippen molar-refractivity contribution in [1.82, 2.24) is 0 Å². The summed E-state index contributed by atoms with van der Waals surface area (Å²) in [6.07, 6.45) is 0. The first-order valence-corrected chi connectivity index (χ1v) is 5.59. The third-order valence-electron chi connectivity index (χ3n) is 0.532. The van der Waals surface area contributed by atoms with Gasteiger partial charge in [-0.15, -0.1) is 0 Å². The summed E-state index contributed by atoms with van der Waals surface area (Å²) in [7, 11) is 2.87. The molecule has 0 amide bonds. The third kappa shape index (κ3) is 2.74. The van der Waals surface area contributed by atoms with Crippen molar-refractivity contribution in [3.8, 4) is 0 Å². The number of hydrogen-bond acceptors (Lipinski definition) is 1. The van der Waals surface area contributed by atoms with E-state index in [0.29, 0.717) is 0 Å². The van der Waals surface area contributed by atoms with Gasteiger partial charge in [-0.25, -0.2) is 4.21 Å². The molecule has 1 unspecified atom stereocenters. The molecule has 0 saturated heterocycles. The fourth-order valence-corrected chi connectivity index (χ4v) is 1.61. The number of alkyl halides is 5. The zero-order valence-corrected chi connectivity index (χ0v) is 9.44. The zero-order chi connectivity index (χ0) is 8.58. The number of rotatable bonds is 1. The topological polar surface area (TPSA) is 17.1 Å². The second-order valence-electron chi connectivity index (χ2n) is 1.24. The molecule has 0 fully saturated rings. The van der Waals surface area contributed by atoms with Crippen molar-refractivity contribution in [3.05, 3.63) is 0 Å². The highest BCUT2D eigenvalue weighted by Gasteiger charge is 2.51. The van der Waals surface area contributed by atoms with Crippen molar-refractivity contribution in [2.75, 3.05) is 0 Å². The molecule has 0 bridgehead atoms. The molecule has 0 N–H and O–H groups in total. The van der Waals surface area contributed by atoms with Crippen LogP contribution in [0.3, 0.4) is 0 Å². The molecule has 0 saturated carbocycles. The standard InChI is InChI=1S/C2Cl6OS/c3-1(4,5)2(6,7)10(8)9. The lowest BCUT2D eigenvalue weighted by molar-refractivity contribution is 0.686. The summed E-state index contributed by atoms with van der Waals surface area (Å²) in [6.45, 7) is 0. The van der Waals surface area contributed by atoms with E-state index in [2.05, 4.69) is 0 Å². The van der Waals surface area contributed by atoms with Crippen molar-refractivity contribution in [2.24, 2.45) is 0 Å². The van der Waals surface area contributed by atoms with E-state index in [0.717, 1.165) is 0 Å². The lowest BCUT2D eigenvalue weighted by atomic mass is 10.9. The molecule has 10 heavy (non-hydrogen) atoms. The maximum Gasteiger partial charge on any atom is 0.253 e. The Hall–Kier alpha value is 1.89. The Morgan fingerprint density at radius 2 is 1.30 bits per heavy atom. The van der Waals surface area contributed by atoms with Gasteiger partial charge in [-0.05, 0) is 10.7 Å². The molecule has 62 valence electrons. The van der Waals surface area contributed by atoms with Crippen LogP contribution in [0.4, 0.5) is 0 Å². The first-order valence-electron chi connectivity index (χ1n) is 1.72. The van der Waals surface area contributed by atoms with Gasteiger partial charge in [0.2, 0.25) is 3.79 Å². The number of halogens is 6. The third-order valence-corrected chi connectivity index (χ3v) is 5.58. The van der Waals surface area contributed by atoms with Gasteiger partial charge in [0, 0.05) is 0 Å². The maximum absolute atomic E-state index is 10.5. The first-order chi connectivity index (χ1) is 4.19. The van der Waals surface area contributed by atoms with Gasteiger partial charge in [-0.3, -0.25) is 0 Å². The van der Waals surface area contributed by atoms with Crippen LogP contribution in [-0.2, 0) is 10.0 Å². The van der Waals surface area contributed by atoms with Crippen LogP contribution in [0.2, 0.25) is 0 Å². The van der Waals surface area contributed by atoms with E-state index in [1.54, 1.807) is 0 Å². The molecule has 0 aromatic heterocycles. The van der Waals surface area contributed by atoms with E-state index in [1.807, 2.05) is 0 Å². The van der Waals surface area contributed by atoms with Gasteiger partial charge < -0.3 is 0 Å². The molecule has 0 aliphatic rings. The minimum Gasteiger partial charge on any atom is -0.239 e. The molecule has 1 atom stereocenters. The second kappa shape index (κ2) is 3.73. The highest BCUT2D eigenvalue weighted by atomic mass is 35.7. The van der Waals surface area contributed by atoms with Crippen LogP contribution in [0.1, 0.15) is 0 Å². The van der Waals surface area contributed by atoms with Crippen LogP contribution >= 0.6 is 68.7 Å². The molecular weight excluding hydrogens is 285 g/mol. The van der Waals surface area contributed by atoms with Gasteiger partial charge in [0.25, 0.3) is 3.67 Å². The van der Waals surface area contributed by atoms with Crippen molar-refractivity contribution >= 4 is 78.7 Å². The molecule has 0 aliphatic carbocycles. The van der Waals surface area contributed by atoms with Crippen molar-refractivity contribution in [1.29, 1.82) is 0 Å². The van der Waals surface area contributed by atoms with E-state index in [1.165, 1.54) is 0 Å². The normalized spacial score (nSPS) is 17.0. The fourth-order valence-electron chi connectivity index (χ4n) is 0.0910. The van der Waals surface area contributed by atoms with E-state index >= 15 is 0 Å². The average Bonchev–Trinajstić information content (AvgIpc) is 1.62. The SMILES string of the molecule is O=S(Cl)C(Cl)(Cl)C(Cl)(Cl)Cl. The molecule has 0 rings (SSSR count). The molecule has 0 spiro atoms. The zero-order valence-electron chi connectivity index (χ0n) is 4.08. The summed E-state index contributed by atoms with van der Waals surface area (Å²) < 4.78 is 6.32. The summed E-state index contributed by atoms with van der Waals surface area (Å²) in [6, 6.07) is 0. The van der Waals surface area contributed by atoms with Gasteiger partial charge in [-0.1, -0.05) is 58.0 Å². The Labute approximate surface area is 89.8 Å². The van der Waals surface area contributed by atoms with Crippen LogP contribution < -0.4 is 0 Å². The van der Waals surface area contributed by atoms with Gasteiger partial charge in [0.05, 0.1) is 0 Å². The van der Waals surface area contributed by atoms with Crippen LogP contribution in [0.5, 0.6) is 0 Å². The molecule has 0 aromatic carbocycles. The smallest absolute Gasteiger partial charge is 0.239 e. The molecule has 0 radical (unpaired) electrons. The van der Waals surface area contributed by atoms with Crippen LogP contribution in [0.25, 0.3) is 0 Å².